The molecule has 5 N–H and O–H groups in total. The number of nitrogens with zero attached hydrogens (tertiary/aromatic N) is 3. The van der Waals surface area contributed by atoms with Crippen LogP contribution in [-0.2, 0) is 4.74 Å². The summed E-state index contributed by atoms with van der Waals surface area (Å²) in [5.74, 6) is -1.03. The highest BCUT2D eigenvalue weighted by Crippen LogP contribution is 2.29. The Hall–Kier alpha value is -2.37. The third-order valence-corrected chi connectivity index (χ3v) is 4.39. The van der Waals surface area contributed by atoms with Crippen LogP contribution in [-0.4, -0.2) is 77.5 Å². The highest BCUT2D eigenvalue weighted by molar-refractivity contribution is 5.90. The van der Waals surface area contributed by atoms with Crippen molar-refractivity contribution >= 4 is 5.97 Å². The Balaban J connectivity index is 1.88. The first kappa shape index (κ1) is 18.4. The molecule has 0 aliphatic carbocycles. The van der Waals surface area contributed by atoms with Crippen molar-refractivity contribution in [3.63, 3.8) is 0 Å². The Bertz CT molecular complexity index is 807. The van der Waals surface area contributed by atoms with E-state index in [0.717, 1.165) is 0 Å². The van der Waals surface area contributed by atoms with Crippen molar-refractivity contribution in [3.05, 3.63) is 35.5 Å². The van der Waals surface area contributed by atoms with Crippen molar-refractivity contribution < 1.29 is 35.1 Å². The first-order valence-corrected chi connectivity index (χ1v) is 7.90. The van der Waals surface area contributed by atoms with Gasteiger partial charge in [0.25, 0.3) is 0 Å². The van der Waals surface area contributed by atoms with E-state index in [4.69, 9.17) is 9.84 Å². The molecule has 1 fully saturated rings. The molecule has 3 rings (SSSR count). The minimum atomic E-state index is -1.52. The molecule has 0 unspecified atom stereocenters. The van der Waals surface area contributed by atoms with Gasteiger partial charge in [0.2, 0.25) is 0 Å². The third-order valence-electron chi connectivity index (χ3n) is 4.39. The smallest absolute Gasteiger partial charge is 0.335 e. The minimum Gasteiger partial charge on any atom is -0.478 e. The van der Waals surface area contributed by atoms with E-state index < -0.39 is 43.2 Å². The van der Waals surface area contributed by atoms with Crippen LogP contribution in [0.2, 0.25) is 0 Å². The summed E-state index contributed by atoms with van der Waals surface area (Å²) in [6.45, 7) is 1.12. The molecule has 10 nitrogen and oxygen atoms in total. The van der Waals surface area contributed by atoms with Gasteiger partial charge >= 0.3 is 5.97 Å². The SMILES string of the molecule is Cc1cc(-c2cn([C@@H]3O[C@H](CO)[C@@H](O)[C@H](O)[C@H]3O)nn2)ccc1C(=O)O. The number of carboxylic acids is 1. The summed E-state index contributed by atoms with van der Waals surface area (Å²) in [5, 5.41) is 56.0. The number of ether oxygens (including phenoxy) is 1. The highest BCUT2D eigenvalue weighted by Gasteiger charge is 2.44. The first-order valence-electron chi connectivity index (χ1n) is 7.90. The maximum atomic E-state index is 11.1. The molecule has 0 bridgehead atoms. The largest absolute Gasteiger partial charge is 0.478 e. The first-order chi connectivity index (χ1) is 12.3. The van der Waals surface area contributed by atoms with Gasteiger partial charge < -0.3 is 30.3 Å². The average molecular weight is 365 g/mol. The van der Waals surface area contributed by atoms with Crippen molar-refractivity contribution in [1.82, 2.24) is 15.0 Å². The predicted octanol–water partition coefficient (Wildman–Crippen LogP) is -1.08. The molecule has 5 atom stereocenters. The second kappa shape index (κ2) is 7.09. The monoisotopic (exact) mass is 365 g/mol. The van der Waals surface area contributed by atoms with Crippen LogP contribution in [0.1, 0.15) is 22.1 Å². The maximum absolute atomic E-state index is 11.1. The number of aromatic nitrogens is 3. The van der Waals surface area contributed by atoms with Crippen LogP contribution in [0, 0.1) is 6.92 Å². The van der Waals surface area contributed by atoms with Gasteiger partial charge in [-0.2, -0.15) is 0 Å². The lowest BCUT2D eigenvalue weighted by Crippen LogP contribution is -2.56. The minimum absolute atomic E-state index is 0.176. The summed E-state index contributed by atoms with van der Waals surface area (Å²) in [7, 11) is 0. The zero-order valence-electron chi connectivity index (χ0n) is 13.8. The molecule has 1 saturated heterocycles. The summed E-state index contributed by atoms with van der Waals surface area (Å²) < 4.78 is 6.59. The third kappa shape index (κ3) is 3.20. The van der Waals surface area contributed by atoms with Crippen LogP contribution in [0.5, 0.6) is 0 Å². The van der Waals surface area contributed by atoms with E-state index in [1.165, 1.54) is 16.9 Å². The molecule has 1 aliphatic rings. The van der Waals surface area contributed by atoms with E-state index in [2.05, 4.69) is 10.3 Å². The number of aryl methyl sites for hydroxylation is 1. The molecule has 1 aromatic heterocycles. The summed E-state index contributed by atoms with van der Waals surface area (Å²) in [4.78, 5) is 11.1. The fraction of sp³-hybridized carbons (Fsp3) is 0.438. The number of rotatable bonds is 4. The number of hydrogen-bond donors (Lipinski definition) is 5. The van der Waals surface area contributed by atoms with Crippen molar-refractivity contribution in [3.8, 4) is 11.3 Å². The molecule has 2 aromatic rings. The van der Waals surface area contributed by atoms with Crippen LogP contribution in [0.25, 0.3) is 11.3 Å². The van der Waals surface area contributed by atoms with E-state index in [0.29, 0.717) is 16.8 Å². The van der Waals surface area contributed by atoms with Gasteiger partial charge in [-0.05, 0) is 24.6 Å². The van der Waals surface area contributed by atoms with Crippen molar-refractivity contribution in [2.75, 3.05) is 6.61 Å². The molecular weight excluding hydrogens is 346 g/mol. The van der Waals surface area contributed by atoms with Crippen molar-refractivity contribution in [2.24, 2.45) is 0 Å². The molecular formula is C16H19N3O7. The van der Waals surface area contributed by atoms with Gasteiger partial charge in [0.15, 0.2) is 6.23 Å². The van der Waals surface area contributed by atoms with Gasteiger partial charge in [-0.1, -0.05) is 11.3 Å². The average Bonchev–Trinajstić information content (AvgIpc) is 3.09. The number of carbonyl (C=O) groups is 1. The lowest BCUT2D eigenvalue weighted by Gasteiger charge is -2.39. The second-order valence-corrected chi connectivity index (χ2v) is 6.14. The fourth-order valence-corrected chi connectivity index (χ4v) is 2.90. The van der Waals surface area contributed by atoms with Crippen molar-refractivity contribution in [2.45, 2.75) is 37.6 Å². The number of carboxylic acid groups (broad SMARTS) is 1. The number of hydrogen-bond acceptors (Lipinski definition) is 8. The molecule has 140 valence electrons. The molecule has 0 radical (unpaired) electrons. The molecule has 0 amide bonds. The number of benzene rings is 1. The van der Waals surface area contributed by atoms with Gasteiger partial charge in [-0.25, -0.2) is 9.48 Å². The molecule has 1 aliphatic heterocycles. The van der Waals surface area contributed by atoms with Crippen LogP contribution in [0.15, 0.2) is 24.4 Å². The van der Waals surface area contributed by atoms with Gasteiger partial charge in [-0.15, -0.1) is 5.10 Å². The molecule has 2 heterocycles. The normalized spacial score (nSPS) is 28.9. The standard InChI is InChI=1S/C16H19N3O7/c1-7-4-8(2-3-9(7)16(24)25)10-5-19(18-17-10)15-14(23)13(22)12(21)11(6-20)26-15/h2-5,11-15,20-23H,6H2,1H3,(H,24,25)/t11-,12-,13+,14-,15-/m1/s1. The van der Waals surface area contributed by atoms with E-state index in [1.807, 2.05) is 0 Å². The quantitative estimate of drug-likeness (QED) is 0.454. The van der Waals surface area contributed by atoms with Crippen LogP contribution in [0.4, 0.5) is 0 Å². The molecule has 10 heteroatoms. The molecule has 0 saturated carbocycles. The Kier molecular flexibility index (Phi) is 5.03. The molecule has 1 aromatic carbocycles. The highest BCUT2D eigenvalue weighted by atomic mass is 16.6. The number of aliphatic hydroxyl groups excluding tert-OH is 4. The summed E-state index contributed by atoms with van der Waals surface area (Å²) in [6.07, 6.45) is -5.19. The molecule has 26 heavy (non-hydrogen) atoms. The summed E-state index contributed by atoms with van der Waals surface area (Å²) >= 11 is 0. The zero-order valence-corrected chi connectivity index (χ0v) is 13.8. The van der Waals surface area contributed by atoms with Gasteiger partial charge in [-0.3, -0.25) is 0 Å². The van der Waals surface area contributed by atoms with E-state index in [9.17, 15) is 25.2 Å². The lowest BCUT2D eigenvalue weighted by atomic mass is 9.98. The van der Waals surface area contributed by atoms with E-state index in [1.54, 1.807) is 19.1 Å². The fourth-order valence-electron chi connectivity index (χ4n) is 2.90. The Labute approximate surface area is 147 Å². The van der Waals surface area contributed by atoms with Gasteiger partial charge in [0.05, 0.1) is 18.4 Å². The number of aliphatic hydroxyl groups is 4. The predicted molar refractivity (Wildman–Crippen MR) is 86.2 cm³/mol. The van der Waals surface area contributed by atoms with Crippen LogP contribution < -0.4 is 0 Å². The Morgan fingerprint density at radius 2 is 1.96 bits per heavy atom. The Morgan fingerprint density at radius 3 is 2.58 bits per heavy atom. The Morgan fingerprint density at radius 1 is 1.23 bits per heavy atom. The zero-order chi connectivity index (χ0) is 19.0. The van der Waals surface area contributed by atoms with Gasteiger partial charge in [0, 0.05) is 5.56 Å². The maximum Gasteiger partial charge on any atom is 0.335 e. The van der Waals surface area contributed by atoms with Crippen molar-refractivity contribution in [1.29, 1.82) is 0 Å². The lowest BCUT2D eigenvalue weighted by molar-refractivity contribution is -0.254. The topological polar surface area (TPSA) is 158 Å². The van der Waals surface area contributed by atoms with Crippen LogP contribution in [0.3, 0.4) is 0 Å². The van der Waals surface area contributed by atoms with E-state index in [-0.39, 0.29) is 5.56 Å². The van der Waals surface area contributed by atoms with Gasteiger partial charge in [0.1, 0.15) is 30.1 Å². The van der Waals surface area contributed by atoms with Crippen LogP contribution >= 0.6 is 0 Å². The van der Waals surface area contributed by atoms with E-state index >= 15 is 0 Å². The summed E-state index contributed by atoms with van der Waals surface area (Å²) in [6, 6.07) is 4.68. The second-order valence-electron chi connectivity index (χ2n) is 6.14. The molecule has 0 spiro atoms. The number of aromatic carboxylic acids is 1. The summed E-state index contributed by atoms with van der Waals surface area (Å²) in [5.41, 5.74) is 1.75.